The van der Waals surface area contributed by atoms with Crippen LogP contribution in [0.4, 0.5) is 0 Å². The standard InChI is InChI=1S/C21H18N4OS/c26-21(15-8-10-16(11-9-15)25-14-4-12-22-25)24-13-3-6-18(24)20-23-17-5-1-2-7-19(17)27-20/h1-2,4-5,7-12,14,18H,3,6,13H2. The zero-order chi connectivity index (χ0) is 18.2. The molecule has 2 aromatic carbocycles. The Bertz CT molecular complexity index is 1050. The minimum atomic E-state index is 0.0701. The number of hydrogen-bond donors (Lipinski definition) is 0. The van der Waals surface area contributed by atoms with E-state index >= 15 is 0 Å². The van der Waals surface area contributed by atoms with Crippen molar-refractivity contribution >= 4 is 27.5 Å². The van der Waals surface area contributed by atoms with Crippen LogP contribution in [0.2, 0.25) is 0 Å². The second-order valence-electron chi connectivity index (χ2n) is 6.67. The van der Waals surface area contributed by atoms with Gasteiger partial charge in [-0.3, -0.25) is 4.79 Å². The minimum absolute atomic E-state index is 0.0701. The van der Waals surface area contributed by atoms with Crippen LogP contribution in [0.3, 0.4) is 0 Å². The Hall–Kier alpha value is -2.99. The van der Waals surface area contributed by atoms with Crippen molar-refractivity contribution in [3.8, 4) is 5.69 Å². The van der Waals surface area contributed by atoms with Gasteiger partial charge in [-0.2, -0.15) is 5.10 Å². The van der Waals surface area contributed by atoms with Crippen LogP contribution in [0.1, 0.15) is 34.2 Å². The number of likely N-dealkylation sites (tertiary alicyclic amines) is 1. The van der Waals surface area contributed by atoms with Crippen LogP contribution >= 0.6 is 11.3 Å². The quantitative estimate of drug-likeness (QED) is 0.532. The molecule has 0 radical (unpaired) electrons. The fourth-order valence-corrected chi connectivity index (χ4v) is 4.76. The second-order valence-corrected chi connectivity index (χ2v) is 7.74. The van der Waals surface area contributed by atoms with Crippen LogP contribution in [-0.2, 0) is 0 Å². The van der Waals surface area contributed by atoms with Gasteiger partial charge in [0.2, 0.25) is 0 Å². The lowest BCUT2D eigenvalue weighted by atomic mass is 10.1. The Balaban J connectivity index is 1.41. The van der Waals surface area contributed by atoms with Crippen molar-refractivity contribution in [2.45, 2.75) is 18.9 Å². The number of hydrogen-bond acceptors (Lipinski definition) is 4. The predicted octanol–water partition coefficient (Wildman–Crippen LogP) is 4.46. The first kappa shape index (κ1) is 16.2. The monoisotopic (exact) mass is 374 g/mol. The molecule has 1 atom stereocenters. The fraction of sp³-hybridized carbons (Fsp3) is 0.190. The largest absolute Gasteiger partial charge is 0.329 e. The van der Waals surface area contributed by atoms with E-state index in [1.165, 1.54) is 4.70 Å². The van der Waals surface area contributed by atoms with Gasteiger partial charge in [-0.25, -0.2) is 9.67 Å². The Morgan fingerprint density at radius 3 is 2.70 bits per heavy atom. The SMILES string of the molecule is O=C(c1ccc(-n2cccn2)cc1)N1CCCC1c1nc2ccccc2s1. The van der Waals surface area contributed by atoms with Crippen LogP contribution in [0.5, 0.6) is 0 Å². The second kappa shape index (κ2) is 6.63. The third-order valence-electron chi connectivity index (χ3n) is 4.99. The summed E-state index contributed by atoms with van der Waals surface area (Å²) in [5, 5.41) is 5.26. The van der Waals surface area contributed by atoms with Crippen LogP contribution in [-0.4, -0.2) is 32.1 Å². The molecular weight excluding hydrogens is 356 g/mol. The van der Waals surface area contributed by atoms with Crippen LogP contribution < -0.4 is 0 Å². The summed E-state index contributed by atoms with van der Waals surface area (Å²) in [4.78, 5) is 19.9. The molecule has 1 aliphatic heterocycles. The van der Waals surface area contributed by atoms with E-state index in [1.54, 1.807) is 22.2 Å². The highest BCUT2D eigenvalue weighted by atomic mass is 32.1. The number of benzene rings is 2. The zero-order valence-electron chi connectivity index (χ0n) is 14.7. The minimum Gasteiger partial charge on any atom is -0.329 e. The number of amides is 1. The highest BCUT2D eigenvalue weighted by molar-refractivity contribution is 7.18. The van der Waals surface area contributed by atoms with E-state index in [0.717, 1.165) is 35.6 Å². The van der Waals surface area contributed by atoms with Gasteiger partial charge in [0.25, 0.3) is 5.91 Å². The number of nitrogens with zero attached hydrogens (tertiary/aromatic N) is 4. The van der Waals surface area contributed by atoms with Gasteiger partial charge < -0.3 is 4.90 Å². The third-order valence-corrected chi connectivity index (χ3v) is 6.13. The molecule has 1 fully saturated rings. The first-order valence-electron chi connectivity index (χ1n) is 9.06. The van der Waals surface area contributed by atoms with E-state index in [1.807, 2.05) is 59.6 Å². The summed E-state index contributed by atoms with van der Waals surface area (Å²) in [7, 11) is 0. The van der Waals surface area contributed by atoms with Crippen molar-refractivity contribution in [1.82, 2.24) is 19.7 Å². The van der Waals surface area contributed by atoms with Crippen molar-refractivity contribution in [1.29, 1.82) is 0 Å². The molecule has 134 valence electrons. The molecule has 0 bridgehead atoms. The molecule has 4 aromatic rings. The van der Waals surface area contributed by atoms with Crippen molar-refractivity contribution in [2.75, 3.05) is 6.54 Å². The van der Waals surface area contributed by atoms with E-state index in [2.05, 4.69) is 11.2 Å². The molecule has 1 aliphatic rings. The van der Waals surface area contributed by atoms with Gasteiger partial charge in [0, 0.05) is 24.5 Å². The summed E-state index contributed by atoms with van der Waals surface area (Å²) in [5.74, 6) is 0.0729. The maximum atomic E-state index is 13.1. The molecule has 27 heavy (non-hydrogen) atoms. The maximum absolute atomic E-state index is 13.1. The Morgan fingerprint density at radius 2 is 1.93 bits per heavy atom. The van der Waals surface area contributed by atoms with Crippen molar-refractivity contribution in [3.63, 3.8) is 0 Å². The molecule has 1 saturated heterocycles. The molecule has 0 spiro atoms. The lowest BCUT2D eigenvalue weighted by Gasteiger charge is -2.23. The van der Waals surface area contributed by atoms with E-state index in [4.69, 9.17) is 4.98 Å². The number of aromatic nitrogens is 3. The van der Waals surface area contributed by atoms with Gasteiger partial charge in [-0.1, -0.05) is 12.1 Å². The molecule has 3 heterocycles. The molecule has 2 aromatic heterocycles. The first-order chi connectivity index (χ1) is 13.3. The summed E-state index contributed by atoms with van der Waals surface area (Å²) in [6.45, 7) is 0.778. The number of carbonyl (C=O) groups is 1. The number of para-hydroxylation sites is 1. The van der Waals surface area contributed by atoms with E-state index in [0.29, 0.717) is 5.56 Å². The molecule has 1 amide bonds. The molecule has 0 aliphatic carbocycles. The Kier molecular flexibility index (Phi) is 3.98. The molecule has 1 unspecified atom stereocenters. The number of fused-ring (bicyclic) bond motifs is 1. The Labute approximate surface area is 160 Å². The van der Waals surface area contributed by atoms with Crippen LogP contribution in [0.25, 0.3) is 15.9 Å². The number of thiazole rings is 1. The smallest absolute Gasteiger partial charge is 0.254 e. The first-order valence-corrected chi connectivity index (χ1v) is 9.88. The van der Waals surface area contributed by atoms with Gasteiger partial charge in [-0.15, -0.1) is 11.3 Å². The lowest BCUT2D eigenvalue weighted by molar-refractivity contribution is 0.0735. The fourth-order valence-electron chi connectivity index (χ4n) is 3.64. The van der Waals surface area contributed by atoms with Crippen LogP contribution in [0, 0.1) is 0 Å². The van der Waals surface area contributed by atoms with Crippen molar-refractivity contribution in [2.24, 2.45) is 0 Å². The van der Waals surface area contributed by atoms with Crippen molar-refractivity contribution in [3.05, 3.63) is 77.6 Å². The average molecular weight is 374 g/mol. The average Bonchev–Trinajstić information content (AvgIpc) is 3.47. The van der Waals surface area contributed by atoms with E-state index in [-0.39, 0.29) is 11.9 Å². The topological polar surface area (TPSA) is 51.0 Å². The summed E-state index contributed by atoms with van der Waals surface area (Å²) < 4.78 is 2.96. The summed E-state index contributed by atoms with van der Waals surface area (Å²) >= 11 is 1.69. The summed E-state index contributed by atoms with van der Waals surface area (Å²) in [5.41, 5.74) is 2.67. The highest BCUT2D eigenvalue weighted by Crippen LogP contribution is 2.37. The molecule has 5 nitrogen and oxygen atoms in total. The van der Waals surface area contributed by atoms with E-state index in [9.17, 15) is 4.79 Å². The summed E-state index contributed by atoms with van der Waals surface area (Å²) in [6, 6.07) is 17.7. The van der Waals surface area contributed by atoms with Crippen molar-refractivity contribution < 1.29 is 4.79 Å². The van der Waals surface area contributed by atoms with Gasteiger partial charge in [0.15, 0.2) is 0 Å². The Morgan fingerprint density at radius 1 is 1.07 bits per heavy atom. The van der Waals surface area contributed by atoms with Gasteiger partial charge in [0.1, 0.15) is 5.01 Å². The molecule has 0 N–H and O–H groups in total. The van der Waals surface area contributed by atoms with Crippen LogP contribution in [0.15, 0.2) is 67.0 Å². The molecule has 6 heteroatoms. The highest BCUT2D eigenvalue weighted by Gasteiger charge is 2.32. The molecule has 0 saturated carbocycles. The molecule has 5 rings (SSSR count). The van der Waals surface area contributed by atoms with Gasteiger partial charge in [0.05, 0.1) is 21.9 Å². The molecular formula is C21H18N4OS. The predicted molar refractivity (Wildman–Crippen MR) is 106 cm³/mol. The van der Waals surface area contributed by atoms with E-state index < -0.39 is 0 Å². The lowest BCUT2D eigenvalue weighted by Crippen LogP contribution is -2.30. The zero-order valence-corrected chi connectivity index (χ0v) is 15.5. The number of rotatable bonds is 3. The maximum Gasteiger partial charge on any atom is 0.254 e. The normalized spacial score (nSPS) is 16.9. The third kappa shape index (κ3) is 2.92. The summed E-state index contributed by atoms with van der Waals surface area (Å²) in [6.07, 6.45) is 5.61. The number of carbonyl (C=O) groups excluding carboxylic acids is 1. The van der Waals surface area contributed by atoms with Gasteiger partial charge in [-0.05, 0) is 55.3 Å². The van der Waals surface area contributed by atoms with Gasteiger partial charge >= 0.3 is 0 Å².